The number of unbranched alkanes of at least 4 members (excludes halogenated alkanes) is 22. The molecule has 0 amide bonds. The molecule has 312 valence electrons. The van der Waals surface area contributed by atoms with E-state index in [1.807, 2.05) is 0 Å². The van der Waals surface area contributed by atoms with E-state index in [-0.39, 0.29) is 25.2 Å². The SMILES string of the molecule is CCCCCCCCC=CCCCCCCCC(=O)OCC(COP(=O)(O)OCC(O)CS)OC(=O)CCCCCCCC=CCCCCCCCC. The van der Waals surface area contributed by atoms with Crippen LogP contribution in [-0.2, 0) is 32.7 Å². The molecule has 0 saturated carbocycles. The fraction of sp³-hybridized carbons (Fsp3) is 0.857. The van der Waals surface area contributed by atoms with Gasteiger partial charge >= 0.3 is 19.8 Å². The topological polar surface area (TPSA) is 129 Å². The summed E-state index contributed by atoms with van der Waals surface area (Å²) in [6.45, 7) is 3.26. The standard InChI is InChI=1S/C42H79O9PS/c1-3-5-7-9-11-13-15-17-19-21-23-25-27-29-31-33-41(44)48-36-40(37-50-52(46,47)49-35-39(43)38-53)51-42(45)34-32-30-28-26-24-22-20-18-16-14-12-10-8-6-4-2/h17-20,39-40,43,53H,3-16,21-38H2,1-2H3,(H,46,47). The number of phosphoric acid groups is 1. The van der Waals surface area contributed by atoms with E-state index in [2.05, 4.69) is 50.8 Å². The first-order chi connectivity index (χ1) is 25.7. The van der Waals surface area contributed by atoms with Gasteiger partial charge in [-0.2, -0.15) is 12.6 Å². The minimum absolute atomic E-state index is 0.0449. The third kappa shape index (κ3) is 38.9. The molecule has 0 aliphatic carbocycles. The lowest BCUT2D eigenvalue weighted by atomic mass is 10.1. The fourth-order valence-corrected chi connectivity index (χ4v) is 6.64. The van der Waals surface area contributed by atoms with Crippen molar-refractivity contribution in [3.8, 4) is 0 Å². The average molecular weight is 791 g/mol. The van der Waals surface area contributed by atoms with Gasteiger partial charge in [0.05, 0.1) is 19.3 Å². The number of phosphoric ester groups is 1. The number of carbonyl (C=O) groups is 2. The lowest BCUT2D eigenvalue weighted by Crippen LogP contribution is -2.29. The Labute approximate surface area is 329 Å². The summed E-state index contributed by atoms with van der Waals surface area (Å²) in [4.78, 5) is 35.0. The molecule has 3 unspecified atom stereocenters. The quantitative estimate of drug-likeness (QED) is 0.0183. The maximum atomic E-state index is 12.6. The number of rotatable bonds is 40. The first kappa shape index (κ1) is 51.8. The number of allylic oxidation sites excluding steroid dienone is 4. The first-order valence-corrected chi connectivity index (χ1v) is 23.4. The molecule has 0 bridgehead atoms. The Bertz CT molecular complexity index is 946. The van der Waals surface area contributed by atoms with Gasteiger partial charge in [0.2, 0.25) is 0 Å². The molecule has 0 heterocycles. The Morgan fingerprint density at radius 2 is 0.943 bits per heavy atom. The van der Waals surface area contributed by atoms with Crippen LogP contribution in [0.25, 0.3) is 0 Å². The summed E-state index contributed by atoms with van der Waals surface area (Å²) in [5.41, 5.74) is 0. The van der Waals surface area contributed by atoms with E-state index < -0.39 is 45.2 Å². The Morgan fingerprint density at radius 3 is 1.38 bits per heavy atom. The Hall–Kier alpha value is -1.16. The van der Waals surface area contributed by atoms with Crippen LogP contribution < -0.4 is 0 Å². The number of hydrogen-bond donors (Lipinski definition) is 3. The Balaban J connectivity index is 4.33. The molecule has 0 fully saturated rings. The molecular weight excluding hydrogens is 711 g/mol. The molecule has 9 nitrogen and oxygen atoms in total. The van der Waals surface area contributed by atoms with Crippen LogP contribution in [0.4, 0.5) is 0 Å². The summed E-state index contributed by atoms with van der Waals surface area (Å²) in [5, 5.41) is 9.58. The number of carbonyl (C=O) groups excluding carboxylic acids is 2. The van der Waals surface area contributed by atoms with Crippen LogP contribution in [0.2, 0.25) is 0 Å². The van der Waals surface area contributed by atoms with Gasteiger partial charge in [0.25, 0.3) is 0 Å². The highest BCUT2D eigenvalue weighted by Gasteiger charge is 2.27. The van der Waals surface area contributed by atoms with Crippen LogP contribution in [0.5, 0.6) is 0 Å². The summed E-state index contributed by atoms with van der Waals surface area (Å²) in [6, 6.07) is 0. The Morgan fingerprint density at radius 1 is 0.566 bits per heavy atom. The van der Waals surface area contributed by atoms with E-state index in [1.165, 1.54) is 89.9 Å². The monoisotopic (exact) mass is 791 g/mol. The number of esters is 2. The number of aliphatic hydroxyl groups is 1. The van der Waals surface area contributed by atoms with E-state index >= 15 is 0 Å². The predicted octanol–water partition coefficient (Wildman–Crippen LogP) is 11.9. The normalized spacial score (nSPS) is 14.1. The molecule has 0 aliphatic heterocycles. The van der Waals surface area contributed by atoms with Crippen LogP contribution in [0, 0.1) is 0 Å². The van der Waals surface area contributed by atoms with Crippen molar-refractivity contribution < 1.29 is 42.7 Å². The maximum absolute atomic E-state index is 12.6. The van der Waals surface area contributed by atoms with E-state index in [4.69, 9.17) is 18.5 Å². The number of thiol groups is 1. The van der Waals surface area contributed by atoms with Gasteiger partial charge in [-0.25, -0.2) is 4.57 Å². The zero-order valence-electron chi connectivity index (χ0n) is 33.7. The van der Waals surface area contributed by atoms with Crippen LogP contribution in [-0.4, -0.2) is 59.7 Å². The number of aliphatic hydroxyl groups excluding tert-OH is 1. The van der Waals surface area contributed by atoms with Crippen LogP contribution in [0.3, 0.4) is 0 Å². The Kier molecular flexibility index (Phi) is 38.2. The van der Waals surface area contributed by atoms with Crippen molar-refractivity contribution in [1.82, 2.24) is 0 Å². The second-order valence-electron chi connectivity index (χ2n) is 14.4. The molecule has 11 heteroatoms. The van der Waals surface area contributed by atoms with Crippen LogP contribution in [0.1, 0.15) is 194 Å². The van der Waals surface area contributed by atoms with Crippen molar-refractivity contribution >= 4 is 32.4 Å². The van der Waals surface area contributed by atoms with E-state index in [1.54, 1.807) is 0 Å². The van der Waals surface area contributed by atoms with E-state index in [9.17, 15) is 24.2 Å². The van der Waals surface area contributed by atoms with Crippen LogP contribution in [0.15, 0.2) is 24.3 Å². The maximum Gasteiger partial charge on any atom is 0.472 e. The number of ether oxygens (including phenoxy) is 2. The lowest BCUT2D eigenvalue weighted by molar-refractivity contribution is -0.161. The molecule has 0 saturated heterocycles. The van der Waals surface area contributed by atoms with Gasteiger partial charge in [0.15, 0.2) is 6.10 Å². The molecule has 2 N–H and O–H groups in total. The van der Waals surface area contributed by atoms with Crippen molar-refractivity contribution in [2.75, 3.05) is 25.6 Å². The van der Waals surface area contributed by atoms with Gasteiger partial charge in [0.1, 0.15) is 6.61 Å². The molecular formula is C42H79O9PS. The first-order valence-electron chi connectivity index (χ1n) is 21.3. The van der Waals surface area contributed by atoms with Crippen molar-refractivity contribution in [3.05, 3.63) is 24.3 Å². The third-order valence-electron chi connectivity index (χ3n) is 9.08. The zero-order chi connectivity index (χ0) is 39.1. The van der Waals surface area contributed by atoms with Crippen molar-refractivity contribution in [3.63, 3.8) is 0 Å². The lowest BCUT2D eigenvalue weighted by Gasteiger charge is -2.20. The van der Waals surface area contributed by atoms with Crippen LogP contribution >= 0.6 is 20.5 Å². The third-order valence-corrected chi connectivity index (χ3v) is 10.5. The van der Waals surface area contributed by atoms with Crippen molar-refractivity contribution in [2.45, 2.75) is 206 Å². The van der Waals surface area contributed by atoms with Gasteiger partial charge in [-0.05, 0) is 64.2 Å². The molecule has 0 aromatic carbocycles. The van der Waals surface area contributed by atoms with Gasteiger partial charge in [-0.1, -0.05) is 141 Å². The second-order valence-corrected chi connectivity index (χ2v) is 16.2. The highest BCUT2D eigenvalue weighted by atomic mass is 32.1. The molecule has 0 spiro atoms. The number of hydrogen-bond acceptors (Lipinski definition) is 9. The minimum atomic E-state index is -4.54. The molecule has 0 rings (SSSR count). The summed E-state index contributed by atoms with van der Waals surface area (Å²) in [5.74, 6) is -0.853. The molecule has 3 atom stereocenters. The minimum Gasteiger partial charge on any atom is -0.462 e. The average Bonchev–Trinajstić information content (AvgIpc) is 3.14. The molecule has 0 aromatic heterocycles. The molecule has 0 aliphatic rings. The highest BCUT2D eigenvalue weighted by molar-refractivity contribution is 7.80. The molecule has 0 aromatic rings. The smallest absolute Gasteiger partial charge is 0.462 e. The molecule has 0 radical (unpaired) electrons. The zero-order valence-corrected chi connectivity index (χ0v) is 35.5. The molecule has 53 heavy (non-hydrogen) atoms. The van der Waals surface area contributed by atoms with Gasteiger partial charge in [0, 0.05) is 18.6 Å². The van der Waals surface area contributed by atoms with Gasteiger partial charge < -0.3 is 19.5 Å². The highest BCUT2D eigenvalue weighted by Crippen LogP contribution is 2.43. The predicted molar refractivity (Wildman–Crippen MR) is 221 cm³/mol. The summed E-state index contributed by atoms with van der Waals surface area (Å²) in [7, 11) is -4.54. The fourth-order valence-electron chi connectivity index (χ4n) is 5.75. The van der Waals surface area contributed by atoms with Gasteiger partial charge in [-0.15, -0.1) is 0 Å². The summed E-state index contributed by atoms with van der Waals surface area (Å²) < 4.78 is 32.9. The van der Waals surface area contributed by atoms with E-state index in [0.717, 1.165) is 64.2 Å². The van der Waals surface area contributed by atoms with Crippen molar-refractivity contribution in [2.24, 2.45) is 0 Å². The summed E-state index contributed by atoms with van der Waals surface area (Å²) >= 11 is 3.91. The summed E-state index contributed by atoms with van der Waals surface area (Å²) in [6.07, 6.45) is 37.7. The second kappa shape index (κ2) is 39.1. The van der Waals surface area contributed by atoms with Crippen molar-refractivity contribution in [1.29, 1.82) is 0 Å². The van der Waals surface area contributed by atoms with Gasteiger partial charge in [-0.3, -0.25) is 18.6 Å². The largest absolute Gasteiger partial charge is 0.472 e. The van der Waals surface area contributed by atoms with E-state index in [0.29, 0.717) is 12.8 Å².